The van der Waals surface area contributed by atoms with Crippen LogP contribution in [0.4, 0.5) is 0 Å². The molecule has 0 spiro atoms. The van der Waals surface area contributed by atoms with Crippen LogP contribution in [0.15, 0.2) is 0 Å². The zero-order valence-electron chi connectivity index (χ0n) is 39.7. The highest BCUT2D eigenvalue weighted by molar-refractivity contribution is 5.78. The lowest BCUT2D eigenvalue weighted by Crippen LogP contribution is -2.59. The lowest BCUT2D eigenvalue weighted by Gasteiger charge is -2.39. The van der Waals surface area contributed by atoms with Gasteiger partial charge in [0, 0.05) is 71.3 Å². The smallest absolute Gasteiger partial charge is 0.222 e. The average molecular weight is 964 g/mol. The molecule has 0 saturated carbocycles. The Bertz CT molecular complexity index is 1310. The Labute approximate surface area is 396 Å². The second kappa shape index (κ2) is 40.5. The van der Waals surface area contributed by atoms with Crippen molar-refractivity contribution in [3.05, 3.63) is 0 Å². The van der Waals surface area contributed by atoms with Gasteiger partial charge in [-0.05, 0) is 58.0 Å². The van der Waals surface area contributed by atoms with E-state index in [0.29, 0.717) is 84.2 Å². The van der Waals surface area contributed by atoms with Gasteiger partial charge in [-0.1, -0.05) is 38.5 Å². The summed E-state index contributed by atoms with van der Waals surface area (Å²) >= 11 is 0. The fourth-order valence-electron chi connectivity index (χ4n) is 6.81. The van der Waals surface area contributed by atoms with Gasteiger partial charge < -0.3 is 87.0 Å². The number of nitrogens with two attached hydrogens (primary N) is 2. The number of nitrogens with one attached hydrogen (secondary N) is 5. The Morgan fingerprint density at radius 2 is 0.955 bits per heavy atom. The van der Waals surface area contributed by atoms with E-state index in [0.717, 1.165) is 51.2 Å². The minimum Gasteiger partial charge on any atom is -0.394 e. The van der Waals surface area contributed by atoms with Crippen molar-refractivity contribution in [3.8, 4) is 0 Å². The standard InChI is InChI=1S/C45H85N7O15/c46-20-12-22-48-37(56)17-28-63-32-45(33-64-29-18-38(57)49-23-13-21-47,52-40(59)16-8-6-4-2-1-3-5-7-10-26-53)34-65-30-19-39(58)51-25-14-24-50-36(55)15-9-11-27-66-44-43(62)42(61)41(60)35(31-54)67-44/h26,35,41-44,54,60-62H,1-25,27-34,46-47H2,(H,48,56)(H,49,57)(H,50,55)(H,51,58)(H,52,59)/t35?,41-,42?,43?,44+/m1/s1. The minimum absolute atomic E-state index is 0.00251. The minimum atomic E-state index is -1.53. The van der Waals surface area contributed by atoms with Gasteiger partial charge in [0.05, 0.1) is 46.2 Å². The fraction of sp³-hybridized carbons (Fsp3) is 0.867. The summed E-state index contributed by atoms with van der Waals surface area (Å²) in [5.74, 6) is -1.13. The summed E-state index contributed by atoms with van der Waals surface area (Å²) < 4.78 is 28.6. The van der Waals surface area contributed by atoms with Gasteiger partial charge in [0.15, 0.2) is 6.29 Å². The molecule has 1 aliphatic rings. The molecular formula is C45H85N7O15. The number of ether oxygens (including phenoxy) is 5. The van der Waals surface area contributed by atoms with E-state index in [9.17, 15) is 49.2 Å². The van der Waals surface area contributed by atoms with Crippen LogP contribution in [0.1, 0.15) is 122 Å². The van der Waals surface area contributed by atoms with Crippen LogP contribution in [-0.4, -0.2) is 185 Å². The summed E-state index contributed by atoms with van der Waals surface area (Å²) in [6, 6.07) is 0. The van der Waals surface area contributed by atoms with Crippen LogP contribution in [0.5, 0.6) is 0 Å². The zero-order valence-corrected chi connectivity index (χ0v) is 39.7. The quantitative estimate of drug-likeness (QED) is 0.0250. The molecular weight excluding hydrogens is 879 g/mol. The number of carbonyl (C=O) groups excluding carboxylic acids is 6. The number of amides is 5. The van der Waals surface area contributed by atoms with Crippen LogP contribution in [0.2, 0.25) is 0 Å². The molecule has 1 aliphatic heterocycles. The van der Waals surface area contributed by atoms with E-state index in [-0.39, 0.29) is 108 Å². The maximum atomic E-state index is 13.4. The molecule has 5 atom stereocenters. The van der Waals surface area contributed by atoms with Crippen molar-refractivity contribution >= 4 is 35.8 Å². The van der Waals surface area contributed by atoms with E-state index in [1.54, 1.807) is 0 Å². The van der Waals surface area contributed by atoms with Gasteiger partial charge in [-0.3, -0.25) is 24.0 Å². The summed E-state index contributed by atoms with van der Waals surface area (Å²) in [5, 5.41) is 53.3. The molecule has 0 bridgehead atoms. The van der Waals surface area contributed by atoms with Crippen molar-refractivity contribution < 1.29 is 72.9 Å². The topological polar surface area (TPSA) is 342 Å². The van der Waals surface area contributed by atoms with Crippen LogP contribution in [0.3, 0.4) is 0 Å². The van der Waals surface area contributed by atoms with Gasteiger partial charge in [-0.2, -0.15) is 0 Å². The van der Waals surface area contributed by atoms with Gasteiger partial charge in [0.25, 0.3) is 0 Å². The summed E-state index contributed by atoms with van der Waals surface area (Å²) in [5.41, 5.74) is 9.83. The first-order valence-corrected chi connectivity index (χ1v) is 24.3. The highest BCUT2D eigenvalue weighted by Gasteiger charge is 2.44. The first-order valence-electron chi connectivity index (χ1n) is 24.3. The lowest BCUT2D eigenvalue weighted by atomic mass is 9.99. The van der Waals surface area contributed by atoms with Gasteiger partial charge in [0.2, 0.25) is 29.5 Å². The van der Waals surface area contributed by atoms with Crippen LogP contribution in [0.25, 0.3) is 0 Å². The number of aliphatic hydroxyl groups is 4. The van der Waals surface area contributed by atoms with Gasteiger partial charge in [-0.25, -0.2) is 0 Å². The molecule has 0 aliphatic carbocycles. The highest BCUT2D eigenvalue weighted by Crippen LogP contribution is 2.22. The first kappa shape index (κ1) is 61.6. The van der Waals surface area contributed by atoms with Gasteiger partial charge in [0.1, 0.15) is 36.2 Å². The molecule has 1 fully saturated rings. The predicted molar refractivity (Wildman–Crippen MR) is 247 cm³/mol. The van der Waals surface area contributed by atoms with Crippen LogP contribution < -0.4 is 38.1 Å². The lowest BCUT2D eigenvalue weighted by molar-refractivity contribution is -0.301. The van der Waals surface area contributed by atoms with Crippen molar-refractivity contribution in [2.24, 2.45) is 11.5 Å². The van der Waals surface area contributed by atoms with Crippen LogP contribution in [-0.2, 0) is 52.5 Å². The number of hydrogen-bond acceptors (Lipinski definition) is 17. The molecule has 0 aromatic carbocycles. The maximum absolute atomic E-state index is 13.4. The Morgan fingerprint density at radius 1 is 0.522 bits per heavy atom. The largest absolute Gasteiger partial charge is 0.394 e. The number of hydrogen-bond donors (Lipinski definition) is 11. The van der Waals surface area contributed by atoms with E-state index in [1.165, 1.54) is 0 Å². The third-order valence-electron chi connectivity index (χ3n) is 10.8. The molecule has 0 radical (unpaired) electrons. The molecule has 1 saturated heterocycles. The van der Waals surface area contributed by atoms with E-state index in [2.05, 4.69) is 26.6 Å². The number of aldehydes is 1. The monoisotopic (exact) mass is 964 g/mol. The molecule has 22 heteroatoms. The Hall–Kier alpha value is -3.42. The third kappa shape index (κ3) is 31.4. The average Bonchev–Trinajstić information content (AvgIpc) is 3.31. The SMILES string of the molecule is NCCCNC(=O)CCOCC(COCCC(=O)NCCCN)(COCCC(=O)NCCCNC(=O)CCCCO[C@H]1OC(CO)[C@@H](O)C(O)C1O)NC(=O)CCCCCCCCCCC=O. The number of unbranched alkanes of at least 4 members (excludes halogenated alkanes) is 9. The van der Waals surface area contributed by atoms with E-state index < -0.39 is 42.9 Å². The van der Waals surface area contributed by atoms with Crippen molar-refractivity contribution in [2.75, 3.05) is 92.1 Å². The highest BCUT2D eigenvalue weighted by atomic mass is 16.7. The molecule has 1 rings (SSSR count). The van der Waals surface area contributed by atoms with E-state index >= 15 is 0 Å². The molecule has 1 heterocycles. The van der Waals surface area contributed by atoms with Crippen LogP contribution in [0, 0.1) is 0 Å². The summed E-state index contributed by atoms with van der Waals surface area (Å²) in [6.07, 6.45) is 5.71. The second-order valence-electron chi connectivity index (χ2n) is 16.8. The molecule has 0 aromatic rings. The Balaban J connectivity index is 2.65. The Kier molecular flexibility index (Phi) is 37.2. The fourth-order valence-corrected chi connectivity index (χ4v) is 6.81. The van der Waals surface area contributed by atoms with E-state index in [4.69, 9.17) is 35.2 Å². The molecule has 13 N–H and O–H groups in total. The summed E-state index contributed by atoms with van der Waals surface area (Å²) in [6.45, 7) is 1.84. The molecule has 67 heavy (non-hydrogen) atoms. The second-order valence-corrected chi connectivity index (χ2v) is 16.8. The van der Waals surface area contributed by atoms with Crippen LogP contribution >= 0.6 is 0 Å². The molecule has 22 nitrogen and oxygen atoms in total. The predicted octanol–water partition coefficient (Wildman–Crippen LogP) is -1.30. The summed E-state index contributed by atoms with van der Waals surface area (Å²) in [4.78, 5) is 73.6. The maximum Gasteiger partial charge on any atom is 0.222 e. The van der Waals surface area contributed by atoms with Crippen molar-refractivity contribution in [1.82, 2.24) is 26.6 Å². The van der Waals surface area contributed by atoms with Crippen molar-refractivity contribution in [1.29, 1.82) is 0 Å². The van der Waals surface area contributed by atoms with Gasteiger partial charge >= 0.3 is 0 Å². The molecule has 3 unspecified atom stereocenters. The molecule has 390 valence electrons. The number of carbonyl (C=O) groups is 6. The number of rotatable bonds is 44. The molecule has 0 aromatic heterocycles. The number of aliphatic hydroxyl groups excluding tert-OH is 4. The third-order valence-corrected chi connectivity index (χ3v) is 10.8. The molecule has 5 amide bonds. The van der Waals surface area contributed by atoms with Crippen molar-refractivity contribution in [2.45, 2.75) is 158 Å². The van der Waals surface area contributed by atoms with E-state index in [1.807, 2.05) is 0 Å². The first-order chi connectivity index (χ1) is 32.4. The van der Waals surface area contributed by atoms with Gasteiger partial charge in [-0.15, -0.1) is 0 Å². The zero-order chi connectivity index (χ0) is 49.4. The van der Waals surface area contributed by atoms with Crippen molar-refractivity contribution in [3.63, 3.8) is 0 Å². The summed E-state index contributed by atoms with van der Waals surface area (Å²) in [7, 11) is 0. The normalized spacial score (nSPS) is 18.3. The Morgan fingerprint density at radius 3 is 1.43 bits per heavy atom.